The molecule has 6 nitrogen and oxygen atoms in total. The molecule has 0 bridgehead atoms. The Balaban J connectivity index is 1.82. The van der Waals surface area contributed by atoms with Crippen LogP contribution in [0.2, 0.25) is 0 Å². The Bertz CT molecular complexity index is 1210. The summed E-state index contributed by atoms with van der Waals surface area (Å²) in [4.78, 5) is 18.0. The van der Waals surface area contributed by atoms with Gasteiger partial charge < -0.3 is 19.4 Å². The molecule has 7 heteroatoms. The minimum atomic E-state index is -0.197. The third-order valence-electron chi connectivity index (χ3n) is 5.42. The van der Waals surface area contributed by atoms with Crippen molar-refractivity contribution in [3.63, 3.8) is 0 Å². The van der Waals surface area contributed by atoms with Crippen molar-refractivity contribution in [2.75, 3.05) is 26.1 Å². The number of nitrogens with zero attached hydrogens (tertiary/aromatic N) is 2. The molecule has 0 spiro atoms. The van der Waals surface area contributed by atoms with Gasteiger partial charge in [0.15, 0.2) is 0 Å². The van der Waals surface area contributed by atoms with Crippen molar-refractivity contribution < 1.29 is 14.3 Å². The van der Waals surface area contributed by atoms with Crippen LogP contribution in [0.15, 0.2) is 48.5 Å². The second kappa shape index (κ2) is 8.91. The maximum absolute atomic E-state index is 13.2. The molecule has 0 unspecified atom stereocenters. The quantitative estimate of drug-likeness (QED) is 0.428. The Hall–Kier alpha value is -3.16. The Kier molecular flexibility index (Phi) is 6.06. The van der Waals surface area contributed by atoms with Crippen molar-refractivity contribution >= 4 is 33.3 Å². The average molecular weight is 436 g/mol. The third kappa shape index (κ3) is 4.06. The van der Waals surface area contributed by atoms with Gasteiger partial charge in [-0.15, -0.1) is 11.3 Å². The lowest BCUT2D eigenvalue weighted by Gasteiger charge is -2.14. The number of rotatable bonds is 7. The van der Waals surface area contributed by atoms with Crippen LogP contribution in [0.5, 0.6) is 5.75 Å². The molecule has 0 fully saturated rings. The number of carbonyl (C=O) groups is 1. The highest BCUT2D eigenvalue weighted by Gasteiger charge is 2.23. The number of benzene rings is 2. The van der Waals surface area contributed by atoms with Gasteiger partial charge in [-0.25, -0.2) is 4.98 Å². The molecule has 2 heterocycles. The Morgan fingerprint density at radius 1 is 1.13 bits per heavy atom. The van der Waals surface area contributed by atoms with E-state index in [1.165, 1.54) is 0 Å². The molecule has 160 valence electrons. The SMILES string of the molecule is COCCn1c(C)c(C)c(-c2nc3ccccc3s2)c1NC(=O)c1cccc(OC)c1. The van der Waals surface area contributed by atoms with E-state index in [0.717, 1.165) is 37.9 Å². The van der Waals surface area contributed by atoms with Gasteiger partial charge in [-0.3, -0.25) is 4.79 Å². The van der Waals surface area contributed by atoms with E-state index in [-0.39, 0.29) is 5.91 Å². The number of carbonyl (C=O) groups excluding carboxylic acids is 1. The second-order valence-corrected chi connectivity index (χ2v) is 8.28. The van der Waals surface area contributed by atoms with Crippen LogP contribution in [0.3, 0.4) is 0 Å². The third-order valence-corrected chi connectivity index (χ3v) is 6.47. The maximum atomic E-state index is 13.2. The van der Waals surface area contributed by atoms with Gasteiger partial charge in [0.25, 0.3) is 5.91 Å². The van der Waals surface area contributed by atoms with Gasteiger partial charge in [0.2, 0.25) is 0 Å². The predicted molar refractivity (Wildman–Crippen MR) is 125 cm³/mol. The molecule has 0 aliphatic rings. The highest BCUT2D eigenvalue weighted by Crippen LogP contribution is 2.40. The zero-order valence-corrected chi connectivity index (χ0v) is 18.9. The molecule has 4 rings (SSSR count). The summed E-state index contributed by atoms with van der Waals surface area (Å²) in [6, 6.07) is 15.2. The first kappa shape index (κ1) is 21.1. The summed E-state index contributed by atoms with van der Waals surface area (Å²) in [5.41, 5.74) is 4.60. The lowest BCUT2D eigenvalue weighted by atomic mass is 10.1. The van der Waals surface area contributed by atoms with Crippen molar-refractivity contribution in [1.29, 1.82) is 0 Å². The molecule has 0 saturated heterocycles. The molecule has 2 aromatic carbocycles. The van der Waals surface area contributed by atoms with Gasteiger partial charge in [0.1, 0.15) is 16.6 Å². The highest BCUT2D eigenvalue weighted by molar-refractivity contribution is 7.21. The first-order valence-electron chi connectivity index (χ1n) is 10.0. The number of amides is 1. The minimum Gasteiger partial charge on any atom is -0.497 e. The van der Waals surface area contributed by atoms with E-state index in [0.29, 0.717) is 24.5 Å². The monoisotopic (exact) mass is 435 g/mol. The Morgan fingerprint density at radius 2 is 1.94 bits per heavy atom. The van der Waals surface area contributed by atoms with E-state index >= 15 is 0 Å². The topological polar surface area (TPSA) is 65.4 Å². The van der Waals surface area contributed by atoms with E-state index in [9.17, 15) is 4.79 Å². The summed E-state index contributed by atoms with van der Waals surface area (Å²) < 4.78 is 13.8. The zero-order chi connectivity index (χ0) is 22.0. The van der Waals surface area contributed by atoms with E-state index < -0.39 is 0 Å². The molecule has 1 N–H and O–H groups in total. The van der Waals surface area contributed by atoms with Crippen LogP contribution in [0.4, 0.5) is 5.82 Å². The van der Waals surface area contributed by atoms with Gasteiger partial charge >= 0.3 is 0 Å². The number of para-hydroxylation sites is 1. The second-order valence-electron chi connectivity index (χ2n) is 7.25. The van der Waals surface area contributed by atoms with Gasteiger partial charge in [0.05, 0.1) is 29.5 Å². The highest BCUT2D eigenvalue weighted by atomic mass is 32.1. The van der Waals surface area contributed by atoms with Crippen molar-refractivity contribution in [3.05, 3.63) is 65.4 Å². The lowest BCUT2D eigenvalue weighted by Crippen LogP contribution is -2.17. The smallest absolute Gasteiger partial charge is 0.256 e. The van der Waals surface area contributed by atoms with E-state index in [1.807, 2.05) is 30.3 Å². The minimum absolute atomic E-state index is 0.197. The standard InChI is InChI=1S/C24H25N3O3S/c1-15-16(2)27(12-13-29-3)22(26-23(28)17-8-7-9-18(14-17)30-4)21(15)24-25-19-10-5-6-11-20(19)31-24/h5-11,14H,12-13H2,1-4H3,(H,26,28). The molecule has 0 aliphatic carbocycles. The van der Waals surface area contributed by atoms with Crippen molar-refractivity contribution in [1.82, 2.24) is 9.55 Å². The number of fused-ring (bicyclic) bond motifs is 1. The van der Waals surface area contributed by atoms with Gasteiger partial charge in [0, 0.05) is 24.9 Å². The van der Waals surface area contributed by atoms with Crippen LogP contribution in [0.25, 0.3) is 20.8 Å². The van der Waals surface area contributed by atoms with Gasteiger partial charge in [-0.05, 0) is 49.7 Å². The van der Waals surface area contributed by atoms with E-state index in [1.54, 1.807) is 37.7 Å². The summed E-state index contributed by atoms with van der Waals surface area (Å²) in [5, 5.41) is 4.03. The Morgan fingerprint density at radius 3 is 2.68 bits per heavy atom. The molecule has 1 amide bonds. The van der Waals surface area contributed by atoms with E-state index in [4.69, 9.17) is 14.5 Å². The molecule has 0 saturated carbocycles. The largest absolute Gasteiger partial charge is 0.497 e. The summed E-state index contributed by atoms with van der Waals surface area (Å²) >= 11 is 1.63. The first-order chi connectivity index (χ1) is 15.0. The van der Waals surface area contributed by atoms with Crippen molar-refractivity contribution in [2.45, 2.75) is 20.4 Å². The molecule has 4 aromatic rings. The summed E-state index contributed by atoms with van der Waals surface area (Å²) in [6.45, 7) is 5.29. The molecule has 31 heavy (non-hydrogen) atoms. The number of ether oxygens (including phenoxy) is 2. The average Bonchev–Trinajstić information content (AvgIpc) is 3.31. The first-order valence-corrected chi connectivity index (χ1v) is 10.8. The summed E-state index contributed by atoms with van der Waals surface area (Å²) in [7, 11) is 3.26. The fraction of sp³-hybridized carbons (Fsp3) is 0.250. The fourth-order valence-corrected chi connectivity index (χ4v) is 4.71. The van der Waals surface area contributed by atoms with Crippen LogP contribution in [0.1, 0.15) is 21.6 Å². The normalized spacial score (nSPS) is 11.1. The van der Waals surface area contributed by atoms with Crippen LogP contribution in [-0.4, -0.2) is 36.3 Å². The van der Waals surface area contributed by atoms with Crippen LogP contribution in [-0.2, 0) is 11.3 Å². The number of thiazole rings is 1. The lowest BCUT2D eigenvalue weighted by molar-refractivity contribution is 0.102. The summed E-state index contributed by atoms with van der Waals surface area (Å²) in [5.74, 6) is 1.18. The number of anilines is 1. The fourth-order valence-electron chi connectivity index (χ4n) is 3.64. The number of methoxy groups -OCH3 is 2. The zero-order valence-electron chi connectivity index (χ0n) is 18.1. The summed E-state index contributed by atoms with van der Waals surface area (Å²) in [6.07, 6.45) is 0. The van der Waals surface area contributed by atoms with Crippen molar-refractivity contribution in [3.8, 4) is 16.3 Å². The molecular weight excluding hydrogens is 410 g/mol. The maximum Gasteiger partial charge on any atom is 0.256 e. The van der Waals surface area contributed by atoms with E-state index in [2.05, 4.69) is 29.8 Å². The molecule has 0 atom stereocenters. The molecule has 0 radical (unpaired) electrons. The predicted octanol–water partition coefficient (Wildman–Crippen LogP) is 5.29. The molecule has 0 aliphatic heterocycles. The van der Waals surface area contributed by atoms with Gasteiger partial charge in [-0.1, -0.05) is 18.2 Å². The number of hydrogen-bond acceptors (Lipinski definition) is 5. The molecular formula is C24H25N3O3S. The number of hydrogen-bond donors (Lipinski definition) is 1. The van der Waals surface area contributed by atoms with Crippen LogP contribution in [0, 0.1) is 13.8 Å². The van der Waals surface area contributed by atoms with Crippen LogP contribution >= 0.6 is 11.3 Å². The molecule has 2 aromatic heterocycles. The number of aromatic nitrogens is 2. The number of nitrogens with one attached hydrogen (secondary N) is 1. The van der Waals surface area contributed by atoms with Gasteiger partial charge in [-0.2, -0.15) is 0 Å². The Labute approximate surface area is 185 Å². The van der Waals surface area contributed by atoms with Crippen LogP contribution < -0.4 is 10.1 Å². The van der Waals surface area contributed by atoms with Crippen molar-refractivity contribution in [2.24, 2.45) is 0 Å².